The molecule has 0 bridgehead atoms. The monoisotopic (exact) mass is 408 g/mol. The van der Waals surface area contributed by atoms with Crippen LogP contribution in [0.25, 0.3) is 0 Å². The van der Waals surface area contributed by atoms with Gasteiger partial charge in [-0.05, 0) is 27.2 Å². The molecular formula is C14H21IN2O4. The molecule has 118 valence electrons. The van der Waals surface area contributed by atoms with E-state index in [1.54, 1.807) is 3.11 Å². The molecule has 0 radical (unpaired) electrons. The van der Waals surface area contributed by atoms with Gasteiger partial charge < -0.3 is 4.74 Å². The Morgan fingerprint density at radius 2 is 1.90 bits per heavy atom. The van der Waals surface area contributed by atoms with Gasteiger partial charge in [0.2, 0.25) is 5.91 Å². The summed E-state index contributed by atoms with van der Waals surface area (Å²) in [5.74, 6) is -0.814. The fraction of sp³-hybridized carbons (Fsp3) is 0.643. The zero-order chi connectivity index (χ0) is 16.0. The summed E-state index contributed by atoms with van der Waals surface area (Å²) in [7, 11) is 0. The first-order valence-corrected chi connectivity index (χ1v) is 7.87. The molecule has 0 N–H and O–H groups in total. The smallest absolute Gasteiger partial charge is 0.253 e. The molecule has 0 aromatic carbocycles. The summed E-state index contributed by atoms with van der Waals surface area (Å²) >= 11 is 1.96. The second-order valence-corrected chi connectivity index (χ2v) is 6.50. The molecule has 0 unspecified atom stereocenters. The summed E-state index contributed by atoms with van der Waals surface area (Å²) in [6.45, 7) is 7.23. The second kappa shape index (κ2) is 7.88. The Morgan fingerprint density at radius 3 is 2.43 bits per heavy atom. The standard InChI is InChI=1S/C14H21IN2O4/c1-4-21-14(2,3)8-10-17(15)13(20)7-9-16-11(18)5-6-12(16)19/h5-6H,4,7-10H2,1-3H3. The van der Waals surface area contributed by atoms with Crippen molar-refractivity contribution in [1.82, 2.24) is 8.01 Å². The zero-order valence-corrected chi connectivity index (χ0v) is 14.8. The van der Waals surface area contributed by atoms with Gasteiger partial charge in [0.15, 0.2) is 0 Å². The molecule has 0 saturated heterocycles. The average Bonchev–Trinajstić information content (AvgIpc) is 2.73. The van der Waals surface area contributed by atoms with Crippen LogP contribution in [0.15, 0.2) is 12.2 Å². The number of rotatable bonds is 8. The molecule has 7 heteroatoms. The van der Waals surface area contributed by atoms with Crippen molar-refractivity contribution in [3.8, 4) is 0 Å². The second-order valence-electron chi connectivity index (χ2n) is 5.33. The molecule has 1 aliphatic heterocycles. The predicted molar refractivity (Wildman–Crippen MR) is 86.5 cm³/mol. The highest BCUT2D eigenvalue weighted by Gasteiger charge is 2.25. The van der Waals surface area contributed by atoms with Gasteiger partial charge in [0.1, 0.15) is 0 Å². The third-order valence-electron chi connectivity index (χ3n) is 3.17. The van der Waals surface area contributed by atoms with Crippen molar-refractivity contribution in [2.75, 3.05) is 19.7 Å². The van der Waals surface area contributed by atoms with Gasteiger partial charge in [-0.15, -0.1) is 0 Å². The van der Waals surface area contributed by atoms with Gasteiger partial charge in [-0.25, -0.2) is 0 Å². The van der Waals surface area contributed by atoms with Crippen molar-refractivity contribution in [3.63, 3.8) is 0 Å². The van der Waals surface area contributed by atoms with E-state index >= 15 is 0 Å². The number of hydrogen-bond acceptors (Lipinski definition) is 4. The summed E-state index contributed by atoms with van der Waals surface area (Å²) in [6.07, 6.45) is 3.30. The normalized spacial score (nSPS) is 15.0. The van der Waals surface area contributed by atoms with E-state index in [-0.39, 0.29) is 36.3 Å². The lowest BCUT2D eigenvalue weighted by Crippen LogP contribution is -2.35. The number of ether oxygens (including phenoxy) is 1. The molecule has 1 aliphatic rings. The van der Waals surface area contributed by atoms with Crippen molar-refractivity contribution < 1.29 is 19.1 Å². The number of carbonyl (C=O) groups excluding carboxylic acids is 3. The van der Waals surface area contributed by atoms with E-state index in [0.717, 1.165) is 11.3 Å². The van der Waals surface area contributed by atoms with E-state index in [1.165, 1.54) is 12.2 Å². The Balaban J connectivity index is 2.35. The molecule has 0 atom stereocenters. The molecule has 0 spiro atoms. The number of amides is 3. The molecule has 0 aliphatic carbocycles. The number of nitrogens with zero attached hydrogens (tertiary/aromatic N) is 2. The van der Waals surface area contributed by atoms with E-state index in [2.05, 4.69) is 0 Å². The van der Waals surface area contributed by atoms with Crippen molar-refractivity contribution in [3.05, 3.63) is 12.2 Å². The van der Waals surface area contributed by atoms with Crippen LogP contribution >= 0.6 is 22.9 Å². The molecule has 1 rings (SSSR count). The van der Waals surface area contributed by atoms with Gasteiger partial charge in [0.05, 0.1) is 28.5 Å². The summed E-state index contributed by atoms with van der Waals surface area (Å²) in [4.78, 5) is 35.8. The largest absolute Gasteiger partial charge is 0.376 e. The summed E-state index contributed by atoms with van der Waals surface area (Å²) in [5, 5.41) is 0. The van der Waals surface area contributed by atoms with Gasteiger partial charge >= 0.3 is 0 Å². The van der Waals surface area contributed by atoms with Crippen molar-refractivity contribution in [2.45, 2.75) is 39.2 Å². The fourth-order valence-corrected chi connectivity index (χ4v) is 2.42. The van der Waals surface area contributed by atoms with Gasteiger partial charge in [-0.2, -0.15) is 0 Å². The SMILES string of the molecule is CCOC(C)(C)CCN(I)C(=O)CCN1C(=O)C=CC1=O. The first-order valence-electron chi connectivity index (χ1n) is 6.90. The van der Waals surface area contributed by atoms with E-state index in [9.17, 15) is 14.4 Å². The number of carbonyl (C=O) groups is 3. The molecule has 1 heterocycles. The van der Waals surface area contributed by atoms with Gasteiger partial charge in [0.25, 0.3) is 11.8 Å². The van der Waals surface area contributed by atoms with E-state index in [4.69, 9.17) is 4.74 Å². The van der Waals surface area contributed by atoms with E-state index in [1.807, 2.05) is 43.6 Å². The maximum atomic E-state index is 12.0. The molecule has 3 amide bonds. The van der Waals surface area contributed by atoms with Crippen molar-refractivity contribution in [1.29, 1.82) is 0 Å². The van der Waals surface area contributed by atoms with Crippen molar-refractivity contribution in [2.24, 2.45) is 0 Å². The van der Waals surface area contributed by atoms with Crippen molar-refractivity contribution >= 4 is 40.6 Å². The van der Waals surface area contributed by atoms with Crippen LogP contribution in [0.1, 0.15) is 33.6 Å². The lowest BCUT2D eigenvalue weighted by molar-refractivity contribution is -0.137. The Hall–Kier alpha value is -0.960. The maximum Gasteiger partial charge on any atom is 0.253 e. The molecule has 6 nitrogen and oxygen atoms in total. The highest BCUT2D eigenvalue weighted by atomic mass is 127. The highest BCUT2D eigenvalue weighted by molar-refractivity contribution is 14.1. The van der Waals surface area contributed by atoms with Crippen LogP contribution in [-0.2, 0) is 19.1 Å². The van der Waals surface area contributed by atoms with Crippen LogP contribution in [-0.4, -0.2) is 51.0 Å². The van der Waals surface area contributed by atoms with Gasteiger partial charge in [-0.1, -0.05) is 0 Å². The number of imide groups is 1. The summed E-state index contributed by atoms with van der Waals surface area (Å²) in [6, 6.07) is 0. The maximum absolute atomic E-state index is 12.0. The van der Waals surface area contributed by atoms with Gasteiger partial charge in [-0.3, -0.25) is 22.4 Å². The molecule has 0 aromatic rings. The summed E-state index contributed by atoms with van der Waals surface area (Å²) < 4.78 is 7.16. The van der Waals surface area contributed by atoms with Crippen LogP contribution in [0.5, 0.6) is 0 Å². The zero-order valence-electron chi connectivity index (χ0n) is 12.6. The predicted octanol–water partition coefficient (Wildman–Crippen LogP) is 1.69. The quantitative estimate of drug-likeness (QED) is 0.348. The summed E-state index contributed by atoms with van der Waals surface area (Å²) in [5.41, 5.74) is -0.275. The first kappa shape index (κ1) is 18.1. The van der Waals surface area contributed by atoms with Crippen LogP contribution < -0.4 is 0 Å². The lowest BCUT2D eigenvalue weighted by Gasteiger charge is -2.27. The Labute approximate surface area is 139 Å². The molecular weight excluding hydrogens is 387 g/mol. The van der Waals surface area contributed by atoms with Crippen LogP contribution in [0.3, 0.4) is 0 Å². The molecule has 21 heavy (non-hydrogen) atoms. The third-order valence-corrected chi connectivity index (χ3v) is 4.19. The molecule has 0 fully saturated rings. The number of halogens is 1. The molecule has 0 aromatic heterocycles. The minimum atomic E-state index is -0.356. The Morgan fingerprint density at radius 1 is 1.33 bits per heavy atom. The average molecular weight is 408 g/mol. The van der Waals surface area contributed by atoms with Gasteiger partial charge in [0, 0.05) is 38.3 Å². The van der Waals surface area contributed by atoms with Crippen LogP contribution in [0, 0.1) is 0 Å². The Bertz CT molecular complexity index is 430. The highest BCUT2D eigenvalue weighted by Crippen LogP contribution is 2.17. The lowest BCUT2D eigenvalue weighted by atomic mass is 10.1. The molecule has 0 saturated carbocycles. The van der Waals surface area contributed by atoms with E-state index in [0.29, 0.717) is 13.2 Å². The minimum Gasteiger partial charge on any atom is -0.376 e. The van der Waals surface area contributed by atoms with Crippen LogP contribution in [0.2, 0.25) is 0 Å². The Kier molecular flexibility index (Phi) is 6.79. The van der Waals surface area contributed by atoms with E-state index < -0.39 is 0 Å². The minimum absolute atomic E-state index is 0.101. The first-order chi connectivity index (χ1) is 9.76. The third kappa shape index (κ3) is 5.74. The number of hydrogen-bond donors (Lipinski definition) is 0. The van der Waals surface area contributed by atoms with Crippen LogP contribution in [0.4, 0.5) is 0 Å². The topological polar surface area (TPSA) is 66.9 Å². The fourth-order valence-electron chi connectivity index (χ4n) is 1.94.